The lowest BCUT2D eigenvalue weighted by atomic mass is 10.3. The van der Waals surface area contributed by atoms with E-state index in [-0.39, 0.29) is 5.82 Å². The number of anilines is 1. The zero-order valence-electron chi connectivity index (χ0n) is 10.6. The molecule has 2 nitrogen and oxygen atoms in total. The highest BCUT2D eigenvalue weighted by atomic mass is 79.9. The fraction of sp³-hybridized carbons (Fsp3) is 0.333. The van der Waals surface area contributed by atoms with Crippen molar-refractivity contribution in [3.8, 4) is 0 Å². The monoisotopic (exact) mass is 323 g/mol. The van der Waals surface area contributed by atoms with Gasteiger partial charge in [-0.15, -0.1) is 0 Å². The highest BCUT2D eigenvalue weighted by Crippen LogP contribution is 2.47. The molecule has 0 amide bonds. The summed E-state index contributed by atoms with van der Waals surface area (Å²) in [7, 11) is 0. The number of rotatable bonds is 4. The molecule has 1 aromatic heterocycles. The molecule has 4 heteroatoms. The normalized spacial score (nSPS) is 21.4. The summed E-state index contributed by atoms with van der Waals surface area (Å²) >= 11 is 3.33. The number of hydrogen-bond acceptors (Lipinski definition) is 2. The van der Waals surface area contributed by atoms with Crippen molar-refractivity contribution in [3.05, 3.63) is 52.1 Å². The van der Waals surface area contributed by atoms with Gasteiger partial charge in [0.15, 0.2) is 0 Å². The van der Waals surface area contributed by atoms with Crippen LogP contribution >= 0.6 is 15.9 Å². The van der Waals surface area contributed by atoms with Gasteiger partial charge in [0.1, 0.15) is 17.3 Å². The highest BCUT2D eigenvalue weighted by Gasteiger charge is 2.36. The Morgan fingerprint density at radius 2 is 2.16 bits per heavy atom. The Balaban J connectivity index is 1.64. The maximum Gasteiger partial charge on any atom is 0.124 e. The van der Waals surface area contributed by atoms with Crippen LogP contribution in [0.1, 0.15) is 30.8 Å². The third-order valence-electron chi connectivity index (χ3n) is 3.54. The third-order valence-corrected chi connectivity index (χ3v) is 4.20. The summed E-state index contributed by atoms with van der Waals surface area (Å²) < 4.78 is 19.5. The minimum Gasteiger partial charge on any atom is -0.464 e. The van der Waals surface area contributed by atoms with E-state index in [1.165, 1.54) is 18.6 Å². The number of nitrogens with one attached hydrogen (secondary N) is 1. The lowest BCUT2D eigenvalue weighted by molar-refractivity contribution is 0.468. The number of hydrogen-bond donors (Lipinski definition) is 1. The van der Waals surface area contributed by atoms with Crippen molar-refractivity contribution in [2.24, 2.45) is 5.92 Å². The van der Waals surface area contributed by atoms with Crippen molar-refractivity contribution in [1.29, 1.82) is 0 Å². The van der Waals surface area contributed by atoms with Gasteiger partial charge in [0.25, 0.3) is 0 Å². The summed E-state index contributed by atoms with van der Waals surface area (Å²) in [5.74, 6) is 3.10. The van der Waals surface area contributed by atoms with Crippen LogP contribution in [0.5, 0.6) is 0 Å². The molecule has 2 aromatic rings. The summed E-state index contributed by atoms with van der Waals surface area (Å²) in [6.07, 6.45) is 1.23. The van der Waals surface area contributed by atoms with Crippen LogP contribution in [0.25, 0.3) is 0 Å². The molecule has 1 heterocycles. The molecule has 2 atom stereocenters. The first kappa shape index (κ1) is 12.7. The van der Waals surface area contributed by atoms with Crippen LogP contribution in [0.4, 0.5) is 10.1 Å². The Morgan fingerprint density at radius 3 is 2.84 bits per heavy atom. The first-order chi connectivity index (χ1) is 9.13. The smallest absolute Gasteiger partial charge is 0.124 e. The van der Waals surface area contributed by atoms with E-state index in [4.69, 9.17) is 4.42 Å². The van der Waals surface area contributed by atoms with Gasteiger partial charge in [0.2, 0.25) is 0 Å². The lowest BCUT2D eigenvalue weighted by Crippen LogP contribution is -1.99. The molecule has 1 fully saturated rings. The van der Waals surface area contributed by atoms with Crippen molar-refractivity contribution < 1.29 is 8.81 Å². The maximum absolute atomic E-state index is 13.0. The van der Waals surface area contributed by atoms with Crippen LogP contribution in [-0.4, -0.2) is 0 Å². The van der Waals surface area contributed by atoms with Gasteiger partial charge in [0, 0.05) is 16.1 Å². The van der Waals surface area contributed by atoms with Crippen LogP contribution in [0.2, 0.25) is 0 Å². The van der Waals surface area contributed by atoms with E-state index in [9.17, 15) is 4.39 Å². The summed E-state index contributed by atoms with van der Waals surface area (Å²) in [5, 5.41) is 3.23. The molecule has 0 bridgehead atoms. The van der Waals surface area contributed by atoms with E-state index >= 15 is 0 Å². The Bertz CT molecular complexity index is 596. The van der Waals surface area contributed by atoms with E-state index in [2.05, 4.69) is 34.2 Å². The van der Waals surface area contributed by atoms with E-state index in [1.807, 2.05) is 6.07 Å². The van der Waals surface area contributed by atoms with E-state index in [1.54, 1.807) is 6.07 Å². The van der Waals surface area contributed by atoms with Gasteiger partial charge >= 0.3 is 0 Å². The summed E-state index contributed by atoms with van der Waals surface area (Å²) in [4.78, 5) is 0. The standard InChI is InChI=1S/C15H15BrFNO/c1-9-6-12(9)15-5-3-11(19-15)8-18-14-4-2-10(17)7-13(14)16/h2-5,7,9,12,18H,6,8H2,1H3. The summed E-state index contributed by atoms with van der Waals surface area (Å²) in [5.41, 5.74) is 0.860. The molecule has 1 aromatic carbocycles. The van der Waals surface area contributed by atoms with Gasteiger partial charge in [-0.1, -0.05) is 6.92 Å². The van der Waals surface area contributed by atoms with Crippen molar-refractivity contribution in [3.63, 3.8) is 0 Å². The SMILES string of the molecule is CC1CC1c1ccc(CNc2ccc(F)cc2Br)o1. The zero-order chi connectivity index (χ0) is 13.4. The minimum absolute atomic E-state index is 0.250. The molecule has 2 unspecified atom stereocenters. The second-order valence-corrected chi connectivity index (χ2v) is 5.96. The Kier molecular flexibility index (Phi) is 3.35. The van der Waals surface area contributed by atoms with Crippen molar-refractivity contribution in [2.45, 2.75) is 25.8 Å². The van der Waals surface area contributed by atoms with Gasteiger partial charge in [-0.3, -0.25) is 0 Å². The number of furan rings is 1. The minimum atomic E-state index is -0.250. The third kappa shape index (κ3) is 2.84. The predicted octanol–water partition coefficient (Wildman–Crippen LogP) is 4.92. The van der Waals surface area contributed by atoms with Crippen LogP contribution in [-0.2, 0) is 6.54 Å². The van der Waals surface area contributed by atoms with E-state index < -0.39 is 0 Å². The highest BCUT2D eigenvalue weighted by molar-refractivity contribution is 9.10. The quantitative estimate of drug-likeness (QED) is 0.864. The van der Waals surface area contributed by atoms with Crippen LogP contribution in [0, 0.1) is 11.7 Å². The molecule has 0 aliphatic heterocycles. The maximum atomic E-state index is 13.0. The number of halogens is 2. The molecule has 1 aliphatic rings. The topological polar surface area (TPSA) is 25.2 Å². The average molecular weight is 324 g/mol. The lowest BCUT2D eigenvalue weighted by Gasteiger charge is -2.06. The van der Waals surface area contributed by atoms with Crippen LogP contribution in [0.3, 0.4) is 0 Å². The van der Waals surface area contributed by atoms with Crippen LogP contribution < -0.4 is 5.32 Å². The zero-order valence-corrected chi connectivity index (χ0v) is 12.2. The van der Waals surface area contributed by atoms with Gasteiger partial charge in [0.05, 0.1) is 6.54 Å². The fourth-order valence-electron chi connectivity index (χ4n) is 2.22. The fourth-order valence-corrected chi connectivity index (χ4v) is 2.71. The number of benzene rings is 1. The average Bonchev–Trinajstić information content (AvgIpc) is 2.91. The van der Waals surface area contributed by atoms with Crippen molar-refractivity contribution in [2.75, 3.05) is 5.32 Å². The molecule has 1 aliphatic carbocycles. The van der Waals surface area contributed by atoms with Gasteiger partial charge in [-0.2, -0.15) is 0 Å². The Labute approximate surface area is 120 Å². The summed E-state index contributed by atoms with van der Waals surface area (Å²) in [6, 6.07) is 8.66. The molecular formula is C15H15BrFNO. The second-order valence-electron chi connectivity index (χ2n) is 5.10. The molecule has 1 N–H and O–H groups in total. The largest absolute Gasteiger partial charge is 0.464 e. The van der Waals surface area contributed by atoms with Gasteiger partial charge in [-0.25, -0.2) is 4.39 Å². The molecular weight excluding hydrogens is 309 g/mol. The van der Waals surface area contributed by atoms with Crippen molar-refractivity contribution in [1.82, 2.24) is 0 Å². The molecule has 1 saturated carbocycles. The van der Waals surface area contributed by atoms with E-state index in [0.717, 1.165) is 27.6 Å². The van der Waals surface area contributed by atoms with E-state index in [0.29, 0.717) is 12.5 Å². The molecule has 100 valence electrons. The molecule has 3 rings (SSSR count). The molecule has 0 spiro atoms. The van der Waals surface area contributed by atoms with Crippen LogP contribution in [0.15, 0.2) is 39.2 Å². The Hall–Kier alpha value is -1.29. The molecule has 0 saturated heterocycles. The van der Waals surface area contributed by atoms with Crippen molar-refractivity contribution >= 4 is 21.6 Å². The first-order valence-electron chi connectivity index (χ1n) is 6.41. The predicted molar refractivity (Wildman–Crippen MR) is 76.7 cm³/mol. The van der Waals surface area contributed by atoms with Gasteiger partial charge in [-0.05, 0) is 58.6 Å². The summed E-state index contributed by atoms with van der Waals surface area (Å²) in [6.45, 7) is 2.84. The van der Waals surface area contributed by atoms with Gasteiger partial charge < -0.3 is 9.73 Å². The first-order valence-corrected chi connectivity index (χ1v) is 7.20. The molecule has 0 radical (unpaired) electrons. The molecule has 19 heavy (non-hydrogen) atoms. The Morgan fingerprint density at radius 1 is 1.37 bits per heavy atom. The second kappa shape index (κ2) is 5.00.